The Morgan fingerprint density at radius 1 is 1.00 bits per heavy atom. The molecular weight excluding hydrogens is 404 g/mol. The number of benzene rings is 2. The maximum atomic E-state index is 10.4. The van der Waals surface area contributed by atoms with Gasteiger partial charge < -0.3 is 19.3 Å². The normalized spacial score (nSPS) is 20.8. The fourth-order valence-corrected chi connectivity index (χ4v) is 3.94. The number of halogens is 1. The van der Waals surface area contributed by atoms with E-state index in [2.05, 4.69) is 21.9 Å². The number of hydrogen-bond acceptors (Lipinski definition) is 6. The number of ether oxygens (including phenoxy) is 3. The summed E-state index contributed by atoms with van der Waals surface area (Å²) in [6.45, 7) is 6.59. The summed E-state index contributed by atoms with van der Waals surface area (Å²) in [6.07, 6.45) is -0.659. The molecule has 4 rings (SSSR count). The lowest BCUT2D eigenvalue weighted by atomic mass is 10.2. The summed E-state index contributed by atoms with van der Waals surface area (Å²) in [6, 6.07) is 15.7. The molecule has 162 valence electrons. The van der Waals surface area contributed by atoms with Gasteiger partial charge in [0.05, 0.1) is 19.3 Å². The molecule has 0 spiro atoms. The highest BCUT2D eigenvalue weighted by Crippen LogP contribution is 2.30. The van der Waals surface area contributed by atoms with E-state index in [9.17, 15) is 5.11 Å². The molecular formula is C23H29ClN2O4. The van der Waals surface area contributed by atoms with Crippen LogP contribution in [-0.2, 0) is 11.3 Å². The van der Waals surface area contributed by atoms with Crippen LogP contribution in [0.4, 0.5) is 0 Å². The van der Waals surface area contributed by atoms with E-state index in [0.29, 0.717) is 26.4 Å². The van der Waals surface area contributed by atoms with Crippen LogP contribution in [0.25, 0.3) is 0 Å². The first-order valence-corrected chi connectivity index (χ1v) is 10.9. The van der Waals surface area contributed by atoms with E-state index in [4.69, 9.17) is 25.8 Å². The minimum Gasteiger partial charge on any atom is -0.486 e. The van der Waals surface area contributed by atoms with Crippen LogP contribution in [0.2, 0.25) is 5.02 Å². The molecule has 0 aromatic heterocycles. The van der Waals surface area contributed by atoms with E-state index in [0.717, 1.165) is 49.2 Å². The number of hydrogen-bond donors (Lipinski definition) is 1. The van der Waals surface area contributed by atoms with Gasteiger partial charge in [-0.3, -0.25) is 9.80 Å². The van der Waals surface area contributed by atoms with Crippen molar-refractivity contribution >= 4 is 11.6 Å². The quantitative estimate of drug-likeness (QED) is 0.692. The van der Waals surface area contributed by atoms with Gasteiger partial charge in [-0.1, -0.05) is 35.9 Å². The number of fused-ring (bicyclic) bond motifs is 1. The van der Waals surface area contributed by atoms with Gasteiger partial charge in [-0.2, -0.15) is 0 Å². The van der Waals surface area contributed by atoms with Crippen molar-refractivity contribution in [3.8, 4) is 11.5 Å². The molecule has 0 bridgehead atoms. The van der Waals surface area contributed by atoms with Crippen LogP contribution < -0.4 is 9.47 Å². The van der Waals surface area contributed by atoms with Crippen molar-refractivity contribution in [2.45, 2.75) is 18.8 Å². The molecule has 1 saturated heterocycles. The molecule has 2 heterocycles. The Morgan fingerprint density at radius 3 is 2.47 bits per heavy atom. The van der Waals surface area contributed by atoms with Gasteiger partial charge in [0.25, 0.3) is 0 Å². The first-order valence-electron chi connectivity index (χ1n) is 10.5. The zero-order valence-corrected chi connectivity index (χ0v) is 17.8. The number of aliphatic hydroxyl groups excluding tert-OH is 1. The van der Waals surface area contributed by atoms with Crippen molar-refractivity contribution < 1.29 is 19.3 Å². The average Bonchev–Trinajstić information content (AvgIpc) is 2.77. The van der Waals surface area contributed by atoms with E-state index < -0.39 is 6.10 Å². The first kappa shape index (κ1) is 21.4. The molecule has 1 N–H and O–H groups in total. The van der Waals surface area contributed by atoms with E-state index in [1.165, 1.54) is 5.56 Å². The highest BCUT2D eigenvalue weighted by Gasteiger charge is 2.22. The molecule has 0 amide bonds. The van der Waals surface area contributed by atoms with E-state index in [1.54, 1.807) is 0 Å². The fraction of sp³-hybridized carbons (Fsp3) is 0.478. The lowest BCUT2D eigenvalue weighted by molar-refractivity contribution is -0.0322. The predicted molar refractivity (Wildman–Crippen MR) is 116 cm³/mol. The van der Waals surface area contributed by atoms with Crippen molar-refractivity contribution in [3.05, 3.63) is 59.1 Å². The van der Waals surface area contributed by atoms with Crippen LogP contribution in [-0.4, -0.2) is 79.7 Å². The number of rotatable bonds is 8. The standard InChI is InChI=1S/C23H29ClN2O4/c24-19-7-5-18(6-8-19)13-25-9-11-26(12-10-25)14-20(27)15-28-16-21-17-29-22-3-1-2-4-23(22)30-21/h1-8,20-21,27H,9-17H2/t20-,21+/m1/s1. The molecule has 30 heavy (non-hydrogen) atoms. The Morgan fingerprint density at radius 2 is 1.70 bits per heavy atom. The van der Waals surface area contributed by atoms with Crippen molar-refractivity contribution in [3.63, 3.8) is 0 Å². The summed E-state index contributed by atoms with van der Waals surface area (Å²) >= 11 is 5.96. The van der Waals surface area contributed by atoms with Gasteiger partial charge in [0, 0.05) is 44.3 Å². The molecule has 0 saturated carbocycles. The second-order valence-electron chi connectivity index (χ2n) is 7.89. The van der Waals surface area contributed by atoms with Crippen LogP contribution in [0.1, 0.15) is 5.56 Å². The smallest absolute Gasteiger partial charge is 0.161 e. The summed E-state index contributed by atoms with van der Waals surface area (Å²) in [4.78, 5) is 4.73. The van der Waals surface area contributed by atoms with Crippen LogP contribution in [0.3, 0.4) is 0 Å². The number of nitrogens with zero attached hydrogens (tertiary/aromatic N) is 2. The molecule has 2 aromatic carbocycles. The lowest BCUT2D eigenvalue weighted by Crippen LogP contribution is -2.48. The van der Waals surface area contributed by atoms with Crippen molar-refractivity contribution in [2.75, 3.05) is 52.5 Å². The van der Waals surface area contributed by atoms with Crippen molar-refractivity contribution in [1.29, 1.82) is 0 Å². The highest BCUT2D eigenvalue weighted by atomic mass is 35.5. The average molecular weight is 433 g/mol. The number of piperazine rings is 1. The van der Waals surface area contributed by atoms with Gasteiger partial charge in [0.1, 0.15) is 6.61 Å². The third kappa shape index (κ3) is 6.09. The molecule has 2 aliphatic heterocycles. The van der Waals surface area contributed by atoms with Gasteiger partial charge in [-0.25, -0.2) is 0 Å². The van der Waals surface area contributed by atoms with Gasteiger partial charge in [0.15, 0.2) is 17.6 Å². The second kappa shape index (κ2) is 10.5. The summed E-state index contributed by atoms with van der Waals surface area (Å²) in [7, 11) is 0. The monoisotopic (exact) mass is 432 g/mol. The Bertz CT molecular complexity index is 796. The molecule has 2 atom stereocenters. The Kier molecular flexibility index (Phi) is 7.47. The van der Waals surface area contributed by atoms with Crippen LogP contribution in [0.5, 0.6) is 11.5 Å². The van der Waals surface area contributed by atoms with E-state index in [-0.39, 0.29) is 6.10 Å². The largest absolute Gasteiger partial charge is 0.486 e. The maximum absolute atomic E-state index is 10.4. The number of para-hydroxylation sites is 2. The van der Waals surface area contributed by atoms with Crippen LogP contribution in [0, 0.1) is 0 Å². The van der Waals surface area contributed by atoms with Crippen LogP contribution in [0.15, 0.2) is 48.5 Å². The van der Waals surface area contributed by atoms with E-state index in [1.807, 2.05) is 36.4 Å². The third-order valence-corrected chi connectivity index (χ3v) is 5.69. The summed E-state index contributed by atoms with van der Waals surface area (Å²) in [5.74, 6) is 1.51. The highest BCUT2D eigenvalue weighted by molar-refractivity contribution is 6.30. The first-order chi connectivity index (χ1) is 14.7. The Balaban J connectivity index is 1.11. The minimum atomic E-state index is -0.510. The number of aliphatic hydroxyl groups is 1. The Labute approximate surface area is 182 Å². The molecule has 2 aliphatic rings. The predicted octanol–water partition coefficient (Wildman–Crippen LogP) is 2.68. The second-order valence-corrected chi connectivity index (χ2v) is 8.33. The molecule has 0 aliphatic carbocycles. The van der Waals surface area contributed by atoms with Gasteiger partial charge in [-0.05, 0) is 29.8 Å². The van der Waals surface area contributed by atoms with Crippen molar-refractivity contribution in [1.82, 2.24) is 9.80 Å². The topological polar surface area (TPSA) is 54.4 Å². The fourth-order valence-electron chi connectivity index (χ4n) is 3.81. The molecule has 0 unspecified atom stereocenters. The summed E-state index contributed by atoms with van der Waals surface area (Å²) in [5.41, 5.74) is 1.28. The molecule has 2 aromatic rings. The molecule has 6 nitrogen and oxygen atoms in total. The third-order valence-electron chi connectivity index (χ3n) is 5.43. The maximum Gasteiger partial charge on any atom is 0.161 e. The van der Waals surface area contributed by atoms with Gasteiger partial charge in [-0.15, -0.1) is 0 Å². The van der Waals surface area contributed by atoms with Crippen molar-refractivity contribution in [2.24, 2.45) is 0 Å². The minimum absolute atomic E-state index is 0.150. The molecule has 0 radical (unpaired) electrons. The van der Waals surface area contributed by atoms with E-state index >= 15 is 0 Å². The number of β-amino-alcohol motifs (C(OH)–C–C–N with tert-alkyl or cyclic N) is 1. The zero-order valence-electron chi connectivity index (χ0n) is 17.1. The summed E-state index contributed by atoms with van der Waals surface area (Å²) < 4.78 is 17.3. The van der Waals surface area contributed by atoms with Gasteiger partial charge >= 0.3 is 0 Å². The Hall–Kier alpha value is -1.83. The SMILES string of the molecule is O[C@@H](COC[C@H]1COc2ccccc2O1)CN1CCN(Cc2ccc(Cl)cc2)CC1. The van der Waals surface area contributed by atoms with Gasteiger partial charge in [0.2, 0.25) is 0 Å². The summed E-state index contributed by atoms with van der Waals surface area (Å²) in [5, 5.41) is 11.1. The zero-order chi connectivity index (χ0) is 20.8. The lowest BCUT2D eigenvalue weighted by Gasteiger charge is -2.35. The van der Waals surface area contributed by atoms with Crippen LogP contribution >= 0.6 is 11.6 Å². The molecule has 7 heteroatoms. The molecule has 1 fully saturated rings.